The first-order valence-electron chi connectivity index (χ1n) is 5.02. The third-order valence-corrected chi connectivity index (χ3v) is 3.21. The Morgan fingerprint density at radius 1 is 1.21 bits per heavy atom. The van der Waals surface area contributed by atoms with Crippen molar-refractivity contribution in [3.63, 3.8) is 0 Å². The molecular formula is C11H11NO2. The molecule has 2 fully saturated rings. The molecule has 2 unspecified atom stereocenters. The number of rotatable bonds is 1. The molecule has 1 aliphatic heterocycles. The topological polar surface area (TPSA) is 37.4 Å². The van der Waals surface area contributed by atoms with Crippen molar-refractivity contribution in [3.05, 3.63) is 23.3 Å². The van der Waals surface area contributed by atoms with E-state index in [0.717, 1.165) is 6.42 Å². The minimum absolute atomic E-state index is 0.103. The fourth-order valence-electron chi connectivity index (χ4n) is 2.27. The average Bonchev–Trinajstić information content (AvgIpc) is 2.89. The van der Waals surface area contributed by atoms with Crippen molar-refractivity contribution < 1.29 is 9.59 Å². The van der Waals surface area contributed by atoms with Gasteiger partial charge in [0.25, 0.3) is 11.8 Å². The maximum absolute atomic E-state index is 11.7. The third-order valence-electron chi connectivity index (χ3n) is 3.21. The summed E-state index contributed by atoms with van der Waals surface area (Å²) in [6.45, 7) is 2.30. The molecule has 1 saturated heterocycles. The maximum Gasteiger partial charge on any atom is 0.261 e. The number of carbonyl (C=O) groups excluding carboxylic acids is 2. The van der Waals surface area contributed by atoms with E-state index in [4.69, 9.17) is 0 Å². The molecule has 0 radical (unpaired) electrons. The number of nitrogens with zero attached hydrogens (tertiary/aromatic N) is 1. The highest BCUT2D eigenvalue weighted by Crippen LogP contribution is 2.48. The van der Waals surface area contributed by atoms with Crippen molar-refractivity contribution in [2.24, 2.45) is 11.8 Å². The van der Waals surface area contributed by atoms with E-state index in [1.165, 1.54) is 4.90 Å². The van der Waals surface area contributed by atoms with E-state index >= 15 is 0 Å². The van der Waals surface area contributed by atoms with Gasteiger partial charge < -0.3 is 0 Å². The summed E-state index contributed by atoms with van der Waals surface area (Å²) in [4.78, 5) is 24.8. The third kappa shape index (κ3) is 0.820. The van der Waals surface area contributed by atoms with Crippen molar-refractivity contribution in [2.45, 2.75) is 13.3 Å². The van der Waals surface area contributed by atoms with Gasteiger partial charge >= 0.3 is 0 Å². The van der Waals surface area contributed by atoms with Gasteiger partial charge in [0.05, 0.1) is 0 Å². The lowest BCUT2D eigenvalue weighted by Crippen LogP contribution is -2.29. The standard InChI is InChI=1S/C11H11NO2/c1-2-12-10(13)8-4-6-3-7(6)5-9(8)11(12)14/h4-7H,2-3H2,1H3. The zero-order chi connectivity index (χ0) is 9.87. The van der Waals surface area contributed by atoms with Gasteiger partial charge in [-0.25, -0.2) is 0 Å². The van der Waals surface area contributed by atoms with Gasteiger partial charge in [-0.2, -0.15) is 0 Å². The second kappa shape index (κ2) is 2.35. The second-order valence-electron chi connectivity index (χ2n) is 4.08. The lowest BCUT2D eigenvalue weighted by Gasteiger charge is -2.07. The minimum Gasteiger partial charge on any atom is -0.275 e. The van der Waals surface area contributed by atoms with Gasteiger partial charge in [-0.05, 0) is 25.2 Å². The van der Waals surface area contributed by atoms with Gasteiger partial charge in [0, 0.05) is 17.7 Å². The van der Waals surface area contributed by atoms with Crippen molar-refractivity contribution in [2.75, 3.05) is 6.54 Å². The molecule has 0 aromatic rings. The second-order valence-corrected chi connectivity index (χ2v) is 4.08. The lowest BCUT2D eigenvalue weighted by atomic mass is 10.0. The number of likely N-dealkylation sites (tertiary alicyclic amines) is 1. The van der Waals surface area contributed by atoms with E-state index < -0.39 is 0 Å². The van der Waals surface area contributed by atoms with Crippen LogP contribution in [0.5, 0.6) is 0 Å². The fraction of sp³-hybridized carbons (Fsp3) is 0.455. The number of fused-ring (bicyclic) bond motifs is 2. The van der Waals surface area contributed by atoms with Crippen molar-refractivity contribution in [1.82, 2.24) is 4.90 Å². The predicted molar refractivity (Wildman–Crippen MR) is 50.2 cm³/mol. The molecule has 0 aromatic heterocycles. The monoisotopic (exact) mass is 189 g/mol. The summed E-state index contributed by atoms with van der Waals surface area (Å²) >= 11 is 0. The number of imide groups is 1. The molecule has 1 saturated carbocycles. The van der Waals surface area contributed by atoms with Crippen LogP contribution in [-0.2, 0) is 9.59 Å². The highest BCUT2D eigenvalue weighted by Gasteiger charge is 2.46. The molecule has 3 heteroatoms. The van der Waals surface area contributed by atoms with Crippen LogP contribution in [0.4, 0.5) is 0 Å². The normalized spacial score (nSPS) is 33.6. The van der Waals surface area contributed by atoms with E-state index in [0.29, 0.717) is 29.5 Å². The Morgan fingerprint density at radius 3 is 2.14 bits per heavy atom. The summed E-state index contributed by atoms with van der Waals surface area (Å²) in [6, 6.07) is 0. The van der Waals surface area contributed by atoms with Crippen LogP contribution in [0.3, 0.4) is 0 Å². The van der Waals surface area contributed by atoms with E-state index in [2.05, 4.69) is 0 Å². The van der Waals surface area contributed by atoms with Gasteiger partial charge in [-0.3, -0.25) is 14.5 Å². The fourth-order valence-corrected chi connectivity index (χ4v) is 2.27. The minimum atomic E-state index is -0.103. The van der Waals surface area contributed by atoms with Gasteiger partial charge in [-0.15, -0.1) is 0 Å². The zero-order valence-corrected chi connectivity index (χ0v) is 7.99. The number of carbonyl (C=O) groups is 2. The first-order chi connectivity index (χ1) is 6.72. The summed E-state index contributed by atoms with van der Waals surface area (Å²) in [5.41, 5.74) is 1.30. The van der Waals surface area contributed by atoms with Crippen LogP contribution in [0.25, 0.3) is 0 Å². The molecule has 0 bridgehead atoms. The Kier molecular flexibility index (Phi) is 1.34. The molecule has 3 nitrogen and oxygen atoms in total. The molecule has 2 atom stereocenters. The number of allylic oxidation sites excluding steroid dienone is 2. The van der Waals surface area contributed by atoms with Crippen LogP contribution in [-0.4, -0.2) is 23.3 Å². The largest absolute Gasteiger partial charge is 0.275 e. The van der Waals surface area contributed by atoms with E-state index in [1.807, 2.05) is 19.1 Å². The first-order valence-corrected chi connectivity index (χ1v) is 5.02. The maximum atomic E-state index is 11.7. The molecule has 1 heterocycles. The Balaban J connectivity index is 2.09. The molecular weight excluding hydrogens is 178 g/mol. The summed E-state index contributed by atoms with van der Waals surface area (Å²) in [7, 11) is 0. The molecule has 72 valence electrons. The van der Waals surface area contributed by atoms with Crippen LogP contribution in [0, 0.1) is 11.8 Å². The molecule has 2 amide bonds. The summed E-state index contributed by atoms with van der Waals surface area (Å²) in [6.07, 6.45) is 5.07. The van der Waals surface area contributed by atoms with Crippen LogP contribution < -0.4 is 0 Å². The van der Waals surface area contributed by atoms with E-state index in [-0.39, 0.29) is 11.8 Å². The van der Waals surface area contributed by atoms with Crippen LogP contribution in [0.1, 0.15) is 13.3 Å². The smallest absolute Gasteiger partial charge is 0.261 e. The number of hydrogen-bond acceptors (Lipinski definition) is 2. The van der Waals surface area contributed by atoms with Gasteiger partial charge in [0.2, 0.25) is 0 Å². The van der Waals surface area contributed by atoms with Crippen LogP contribution in [0.2, 0.25) is 0 Å². The average molecular weight is 189 g/mol. The summed E-state index contributed by atoms with van der Waals surface area (Å²) in [5, 5.41) is 0. The van der Waals surface area contributed by atoms with E-state index in [9.17, 15) is 9.59 Å². The van der Waals surface area contributed by atoms with Crippen LogP contribution >= 0.6 is 0 Å². The lowest BCUT2D eigenvalue weighted by molar-refractivity contribution is -0.136. The van der Waals surface area contributed by atoms with Crippen molar-refractivity contribution >= 4 is 11.8 Å². The predicted octanol–water partition coefficient (Wildman–Crippen LogP) is 0.878. The summed E-state index contributed by atoms with van der Waals surface area (Å²) < 4.78 is 0. The van der Waals surface area contributed by atoms with Crippen molar-refractivity contribution in [3.8, 4) is 0 Å². The number of amides is 2. The number of likely N-dealkylation sites (N-methyl/N-ethyl adjacent to an activating group) is 1. The molecule has 0 spiro atoms. The Hall–Kier alpha value is -1.38. The quantitative estimate of drug-likeness (QED) is 0.574. The van der Waals surface area contributed by atoms with Crippen LogP contribution in [0.15, 0.2) is 23.3 Å². The van der Waals surface area contributed by atoms with Gasteiger partial charge in [-0.1, -0.05) is 12.2 Å². The van der Waals surface area contributed by atoms with Crippen molar-refractivity contribution in [1.29, 1.82) is 0 Å². The summed E-state index contributed by atoms with van der Waals surface area (Å²) in [5.74, 6) is 0.854. The Labute approximate surface area is 82.1 Å². The first kappa shape index (κ1) is 7.97. The highest BCUT2D eigenvalue weighted by molar-refractivity contribution is 6.24. The SMILES string of the molecule is CCN1C(=O)C2=CC3CC3C=C2C1=O. The number of hydrogen-bond donors (Lipinski definition) is 0. The van der Waals surface area contributed by atoms with Gasteiger partial charge in [0.1, 0.15) is 0 Å². The molecule has 0 N–H and O–H groups in total. The molecule has 0 aromatic carbocycles. The Bertz CT molecular complexity index is 370. The molecule has 3 rings (SSSR count). The molecule has 14 heavy (non-hydrogen) atoms. The molecule has 3 aliphatic rings. The molecule has 2 aliphatic carbocycles. The van der Waals surface area contributed by atoms with E-state index in [1.54, 1.807) is 0 Å². The highest BCUT2D eigenvalue weighted by atomic mass is 16.2. The Morgan fingerprint density at radius 2 is 1.71 bits per heavy atom. The zero-order valence-electron chi connectivity index (χ0n) is 7.99. The van der Waals surface area contributed by atoms with Gasteiger partial charge in [0.15, 0.2) is 0 Å².